The minimum absolute atomic E-state index is 0.139. The van der Waals surface area contributed by atoms with E-state index in [9.17, 15) is 14.3 Å². The van der Waals surface area contributed by atoms with E-state index in [1.54, 1.807) is 6.07 Å². The zero-order chi connectivity index (χ0) is 20.2. The maximum Gasteiger partial charge on any atom is 0.220 e. The van der Waals surface area contributed by atoms with Gasteiger partial charge in [0.15, 0.2) is 0 Å². The largest absolute Gasteiger partial charge is 0.390 e. The summed E-state index contributed by atoms with van der Waals surface area (Å²) in [5, 5.41) is 13.1. The molecule has 2 heterocycles. The fourth-order valence-corrected chi connectivity index (χ4v) is 3.78. The Morgan fingerprint density at radius 3 is 2.97 bits per heavy atom. The second kappa shape index (κ2) is 8.71. The fourth-order valence-electron chi connectivity index (χ4n) is 3.78. The Hall–Kier alpha value is -2.77. The van der Waals surface area contributed by atoms with E-state index in [-0.39, 0.29) is 24.7 Å². The van der Waals surface area contributed by atoms with E-state index < -0.39 is 6.10 Å². The lowest BCUT2D eigenvalue weighted by Gasteiger charge is -2.30. The van der Waals surface area contributed by atoms with Crippen LogP contribution in [0, 0.1) is 5.82 Å². The number of aromatic nitrogens is 2. The molecule has 2 aromatic carbocycles. The van der Waals surface area contributed by atoms with Crippen LogP contribution in [0.3, 0.4) is 0 Å². The molecule has 1 aliphatic rings. The van der Waals surface area contributed by atoms with Gasteiger partial charge in [-0.3, -0.25) is 9.69 Å². The van der Waals surface area contributed by atoms with Crippen molar-refractivity contribution >= 4 is 16.9 Å². The summed E-state index contributed by atoms with van der Waals surface area (Å²) in [6, 6.07) is 12.7. The minimum Gasteiger partial charge on any atom is -0.390 e. The molecule has 0 bridgehead atoms. The van der Waals surface area contributed by atoms with Crippen LogP contribution in [0.1, 0.15) is 23.4 Å². The topological polar surface area (TPSA) is 81.2 Å². The smallest absolute Gasteiger partial charge is 0.220 e. The monoisotopic (exact) mass is 396 g/mol. The van der Waals surface area contributed by atoms with Gasteiger partial charge in [0, 0.05) is 39.0 Å². The second-order valence-corrected chi connectivity index (χ2v) is 7.56. The molecule has 1 unspecified atom stereocenters. The fraction of sp³-hybridized carbons (Fsp3) is 0.364. The summed E-state index contributed by atoms with van der Waals surface area (Å²) in [6.45, 7) is 2.49. The molecule has 1 amide bonds. The molecular formula is C22H25FN4O2. The highest BCUT2D eigenvalue weighted by atomic mass is 19.1. The second-order valence-electron chi connectivity index (χ2n) is 7.56. The number of rotatable bonds is 7. The van der Waals surface area contributed by atoms with Gasteiger partial charge in [0.1, 0.15) is 11.6 Å². The van der Waals surface area contributed by atoms with Crippen molar-refractivity contribution in [2.24, 2.45) is 0 Å². The zero-order valence-corrected chi connectivity index (χ0v) is 16.2. The van der Waals surface area contributed by atoms with E-state index in [0.29, 0.717) is 29.8 Å². The lowest BCUT2D eigenvalue weighted by Crippen LogP contribution is -2.42. The number of aliphatic hydroxyl groups is 1. The van der Waals surface area contributed by atoms with Crippen molar-refractivity contribution < 1.29 is 14.3 Å². The van der Waals surface area contributed by atoms with Gasteiger partial charge in [0.25, 0.3) is 0 Å². The van der Waals surface area contributed by atoms with Crippen molar-refractivity contribution in [3.05, 3.63) is 65.2 Å². The summed E-state index contributed by atoms with van der Waals surface area (Å²) in [6.07, 6.45) is 1.06. The number of carbonyl (C=O) groups excluding carboxylic acids is 1. The lowest BCUT2D eigenvalue weighted by atomic mass is 10.00. The van der Waals surface area contributed by atoms with Crippen LogP contribution in [-0.2, 0) is 24.2 Å². The SMILES string of the molecule is O=C(CCc1nc2ccc(F)cc2[nH]1)NCC(O)CN1CCc2ccccc2C1. The molecule has 0 saturated carbocycles. The number of amides is 1. The number of benzene rings is 2. The molecule has 3 aromatic rings. The van der Waals surface area contributed by atoms with E-state index >= 15 is 0 Å². The molecule has 0 saturated heterocycles. The molecule has 0 fully saturated rings. The van der Waals surface area contributed by atoms with Gasteiger partial charge in [-0.05, 0) is 35.7 Å². The van der Waals surface area contributed by atoms with Crippen molar-refractivity contribution in [1.82, 2.24) is 20.2 Å². The molecule has 3 N–H and O–H groups in total. The molecule has 4 rings (SSSR count). The first-order chi connectivity index (χ1) is 14.1. The number of hydrogen-bond donors (Lipinski definition) is 3. The van der Waals surface area contributed by atoms with Gasteiger partial charge >= 0.3 is 0 Å². The Balaban J connectivity index is 1.20. The number of fused-ring (bicyclic) bond motifs is 2. The van der Waals surface area contributed by atoms with Crippen molar-refractivity contribution in [3.8, 4) is 0 Å². The Bertz CT molecular complexity index is 1000. The quantitative estimate of drug-likeness (QED) is 0.572. The highest BCUT2D eigenvalue weighted by molar-refractivity contribution is 5.77. The predicted molar refractivity (Wildman–Crippen MR) is 109 cm³/mol. The zero-order valence-electron chi connectivity index (χ0n) is 16.2. The predicted octanol–water partition coefficient (Wildman–Crippen LogP) is 2.17. The molecule has 1 aliphatic heterocycles. The third kappa shape index (κ3) is 4.99. The molecule has 152 valence electrons. The van der Waals surface area contributed by atoms with E-state index in [1.807, 2.05) is 6.07 Å². The highest BCUT2D eigenvalue weighted by Gasteiger charge is 2.18. The average Bonchev–Trinajstić information content (AvgIpc) is 3.12. The number of aliphatic hydroxyl groups excluding tert-OH is 1. The molecule has 6 nitrogen and oxygen atoms in total. The van der Waals surface area contributed by atoms with Crippen molar-refractivity contribution in [2.75, 3.05) is 19.6 Å². The third-order valence-corrected chi connectivity index (χ3v) is 5.30. The Kier molecular flexibility index (Phi) is 5.87. The number of aromatic amines is 1. The summed E-state index contributed by atoms with van der Waals surface area (Å²) >= 11 is 0. The first kappa shape index (κ1) is 19.5. The number of β-amino-alcohol motifs (C(OH)–C–C–N with tert-alkyl or cyclic N) is 1. The van der Waals surface area contributed by atoms with Gasteiger partial charge in [0.2, 0.25) is 5.91 Å². The normalized spacial score (nSPS) is 15.2. The van der Waals surface area contributed by atoms with Gasteiger partial charge < -0.3 is 15.4 Å². The van der Waals surface area contributed by atoms with Gasteiger partial charge in [-0.1, -0.05) is 24.3 Å². The van der Waals surface area contributed by atoms with E-state index in [4.69, 9.17) is 0 Å². The van der Waals surface area contributed by atoms with Crippen molar-refractivity contribution in [3.63, 3.8) is 0 Å². The third-order valence-electron chi connectivity index (χ3n) is 5.30. The molecule has 0 spiro atoms. The van der Waals surface area contributed by atoms with Crippen LogP contribution in [0.5, 0.6) is 0 Å². The number of carbonyl (C=O) groups is 1. The molecule has 0 aliphatic carbocycles. The molecule has 0 radical (unpaired) electrons. The number of H-pyrrole nitrogens is 1. The number of nitrogens with zero attached hydrogens (tertiary/aromatic N) is 2. The summed E-state index contributed by atoms with van der Waals surface area (Å²) < 4.78 is 13.2. The first-order valence-corrected chi connectivity index (χ1v) is 9.95. The molecule has 7 heteroatoms. The van der Waals surface area contributed by atoms with Crippen LogP contribution in [0.4, 0.5) is 4.39 Å². The van der Waals surface area contributed by atoms with Crippen molar-refractivity contribution in [2.45, 2.75) is 31.9 Å². The highest BCUT2D eigenvalue weighted by Crippen LogP contribution is 2.18. The lowest BCUT2D eigenvalue weighted by molar-refractivity contribution is -0.121. The number of hydrogen-bond acceptors (Lipinski definition) is 4. The number of nitrogens with one attached hydrogen (secondary N) is 2. The summed E-state index contributed by atoms with van der Waals surface area (Å²) in [4.78, 5) is 21.7. The Morgan fingerprint density at radius 2 is 2.10 bits per heavy atom. The summed E-state index contributed by atoms with van der Waals surface area (Å²) in [5.74, 6) is 0.185. The van der Waals surface area contributed by atoms with Gasteiger partial charge in [-0.2, -0.15) is 0 Å². The summed E-state index contributed by atoms with van der Waals surface area (Å²) in [7, 11) is 0. The van der Waals surface area contributed by atoms with E-state index in [2.05, 4.69) is 38.4 Å². The Morgan fingerprint density at radius 1 is 1.28 bits per heavy atom. The van der Waals surface area contributed by atoms with Crippen LogP contribution >= 0.6 is 0 Å². The van der Waals surface area contributed by atoms with Crippen LogP contribution in [0.2, 0.25) is 0 Å². The van der Waals surface area contributed by atoms with Gasteiger partial charge in [-0.15, -0.1) is 0 Å². The number of imidazole rings is 1. The van der Waals surface area contributed by atoms with Crippen LogP contribution in [0.15, 0.2) is 42.5 Å². The van der Waals surface area contributed by atoms with Gasteiger partial charge in [-0.25, -0.2) is 9.37 Å². The van der Waals surface area contributed by atoms with Crippen molar-refractivity contribution in [1.29, 1.82) is 0 Å². The maximum absolute atomic E-state index is 13.2. The van der Waals surface area contributed by atoms with Gasteiger partial charge in [0.05, 0.1) is 17.1 Å². The Labute approximate surface area is 168 Å². The number of aryl methyl sites for hydroxylation is 1. The van der Waals surface area contributed by atoms with Crippen LogP contribution in [-0.4, -0.2) is 51.6 Å². The van der Waals surface area contributed by atoms with E-state index in [1.165, 1.54) is 23.3 Å². The maximum atomic E-state index is 13.2. The summed E-state index contributed by atoms with van der Waals surface area (Å²) in [5.41, 5.74) is 3.99. The number of halogens is 1. The molecular weight excluding hydrogens is 371 g/mol. The molecule has 1 atom stereocenters. The first-order valence-electron chi connectivity index (χ1n) is 9.95. The van der Waals surface area contributed by atoms with Crippen LogP contribution < -0.4 is 5.32 Å². The average molecular weight is 396 g/mol. The standard InChI is InChI=1S/C22H25FN4O2/c23-17-5-6-19-20(11-17)26-21(25-19)7-8-22(29)24-12-18(28)14-27-10-9-15-3-1-2-4-16(15)13-27/h1-6,11,18,28H,7-10,12-14H2,(H,24,29)(H,25,26). The molecule has 29 heavy (non-hydrogen) atoms. The molecule has 1 aromatic heterocycles. The van der Waals surface area contributed by atoms with Crippen LogP contribution in [0.25, 0.3) is 11.0 Å². The van der Waals surface area contributed by atoms with E-state index in [0.717, 1.165) is 19.5 Å². The minimum atomic E-state index is -0.613.